The Morgan fingerprint density at radius 3 is 1.73 bits per heavy atom. The molecule has 6 nitrogen and oxygen atoms in total. The Hall–Kier alpha value is -2.70. The molecule has 2 N–H and O–H groups in total. The van der Waals surface area contributed by atoms with Crippen LogP contribution >= 0.6 is 0 Å². The number of aliphatic hydroxyl groups is 2. The SMILES string of the molecule is CC/C=C\C/C=C\CC(O)/C=C/C=C\C/C=C\C/C=C\CCC(=O)OC[C@H](CO)OC(=O)CCCCCCCCCCCCCCCCC(C)C. The van der Waals surface area contributed by atoms with Crippen molar-refractivity contribution in [1.29, 1.82) is 0 Å². The van der Waals surface area contributed by atoms with E-state index in [0.29, 0.717) is 19.3 Å². The number of hydrogen-bond acceptors (Lipinski definition) is 6. The molecule has 1 unspecified atom stereocenters. The molecular weight excluding hydrogens is 636 g/mol. The van der Waals surface area contributed by atoms with E-state index in [-0.39, 0.29) is 31.6 Å². The summed E-state index contributed by atoms with van der Waals surface area (Å²) in [6.07, 6.45) is 47.2. The fraction of sp³-hybridized carbons (Fsp3) is 0.689. The van der Waals surface area contributed by atoms with Crippen LogP contribution in [0.3, 0.4) is 0 Å². The third-order valence-corrected chi connectivity index (χ3v) is 8.54. The number of hydrogen-bond donors (Lipinski definition) is 2. The van der Waals surface area contributed by atoms with Crippen molar-refractivity contribution >= 4 is 11.9 Å². The third-order valence-electron chi connectivity index (χ3n) is 8.54. The molecule has 0 saturated carbocycles. The Balaban J connectivity index is 3.74. The number of unbranched alkanes of at least 4 members (excludes halogenated alkanes) is 13. The lowest BCUT2D eigenvalue weighted by Gasteiger charge is -2.15. The van der Waals surface area contributed by atoms with Crippen LogP contribution < -0.4 is 0 Å². The second kappa shape index (κ2) is 38.5. The van der Waals surface area contributed by atoms with Crippen LogP contribution in [0.4, 0.5) is 0 Å². The van der Waals surface area contributed by atoms with Crippen LogP contribution in [0.2, 0.25) is 0 Å². The van der Waals surface area contributed by atoms with Crippen LogP contribution in [0.25, 0.3) is 0 Å². The molecule has 51 heavy (non-hydrogen) atoms. The van der Waals surface area contributed by atoms with Gasteiger partial charge in [-0.1, -0.05) is 184 Å². The summed E-state index contributed by atoms with van der Waals surface area (Å²) in [5, 5.41) is 19.5. The smallest absolute Gasteiger partial charge is 0.306 e. The topological polar surface area (TPSA) is 93.1 Å². The first-order valence-electron chi connectivity index (χ1n) is 20.5. The molecular formula is C45H76O6. The van der Waals surface area contributed by atoms with E-state index in [2.05, 4.69) is 51.2 Å². The summed E-state index contributed by atoms with van der Waals surface area (Å²) in [6.45, 7) is 6.24. The molecule has 0 rings (SSSR count). The molecule has 0 heterocycles. The standard InChI is InChI=1S/C45H76O6/c1-4-5-6-7-25-30-35-42(47)36-31-26-21-17-14-15-18-22-27-32-37-44(48)50-40-43(39-46)51-45(49)38-33-28-23-19-13-11-9-8-10-12-16-20-24-29-34-41(2)3/h5-6,14-15,21-22,25-27,30-31,36,41-43,46-47H,4,7-13,16-20,23-24,28-29,32-35,37-40H2,1-3H3/b6-5-,15-14-,26-21-,27-22-,30-25-,36-31+/t42?,43-/m0/s1. The van der Waals surface area contributed by atoms with Gasteiger partial charge in [0.15, 0.2) is 6.10 Å². The van der Waals surface area contributed by atoms with Gasteiger partial charge in [-0.2, -0.15) is 0 Å². The third kappa shape index (κ3) is 38.4. The van der Waals surface area contributed by atoms with Gasteiger partial charge < -0.3 is 19.7 Å². The van der Waals surface area contributed by atoms with Crippen molar-refractivity contribution in [2.45, 2.75) is 181 Å². The van der Waals surface area contributed by atoms with Crippen LogP contribution in [0.5, 0.6) is 0 Å². The van der Waals surface area contributed by atoms with Crippen molar-refractivity contribution in [3.63, 3.8) is 0 Å². The minimum Gasteiger partial charge on any atom is -0.462 e. The Morgan fingerprint density at radius 1 is 0.608 bits per heavy atom. The van der Waals surface area contributed by atoms with Crippen LogP contribution in [0, 0.1) is 5.92 Å². The maximum absolute atomic E-state index is 12.2. The summed E-state index contributed by atoms with van der Waals surface area (Å²) in [6, 6.07) is 0. The molecule has 2 atom stereocenters. The van der Waals surface area contributed by atoms with Gasteiger partial charge in [-0.05, 0) is 50.9 Å². The average molecular weight is 713 g/mol. The molecule has 0 spiro atoms. The molecule has 0 fully saturated rings. The first-order chi connectivity index (χ1) is 24.9. The normalized spacial score (nSPS) is 13.7. The maximum Gasteiger partial charge on any atom is 0.306 e. The highest BCUT2D eigenvalue weighted by Crippen LogP contribution is 2.15. The second-order valence-electron chi connectivity index (χ2n) is 14.0. The molecule has 0 bridgehead atoms. The van der Waals surface area contributed by atoms with E-state index >= 15 is 0 Å². The van der Waals surface area contributed by atoms with E-state index < -0.39 is 12.2 Å². The number of esters is 2. The zero-order valence-electron chi connectivity index (χ0n) is 32.9. The van der Waals surface area contributed by atoms with Gasteiger partial charge in [0.2, 0.25) is 0 Å². The fourth-order valence-corrected chi connectivity index (χ4v) is 5.44. The summed E-state index contributed by atoms with van der Waals surface area (Å²) in [4.78, 5) is 24.3. The molecule has 292 valence electrons. The first-order valence-corrected chi connectivity index (χ1v) is 20.5. The van der Waals surface area contributed by atoms with Gasteiger partial charge in [-0.3, -0.25) is 9.59 Å². The maximum atomic E-state index is 12.2. The van der Waals surface area contributed by atoms with Crippen molar-refractivity contribution < 1.29 is 29.3 Å². The highest BCUT2D eigenvalue weighted by Gasteiger charge is 2.15. The minimum atomic E-state index is -0.818. The Bertz CT molecular complexity index is 973. The molecule has 0 amide bonds. The zero-order chi connectivity index (χ0) is 37.5. The highest BCUT2D eigenvalue weighted by molar-refractivity contribution is 5.70. The zero-order valence-corrected chi connectivity index (χ0v) is 32.9. The average Bonchev–Trinajstić information content (AvgIpc) is 3.11. The number of rotatable bonds is 35. The van der Waals surface area contributed by atoms with Gasteiger partial charge in [-0.25, -0.2) is 0 Å². The molecule has 0 aromatic carbocycles. The van der Waals surface area contributed by atoms with E-state index in [4.69, 9.17) is 9.47 Å². The van der Waals surface area contributed by atoms with E-state index in [9.17, 15) is 19.8 Å². The number of ether oxygens (including phenoxy) is 2. The van der Waals surface area contributed by atoms with Gasteiger partial charge in [0.1, 0.15) is 6.61 Å². The van der Waals surface area contributed by atoms with Crippen molar-refractivity contribution in [3.8, 4) is 0 Å². The quantitative estimate of drug-likeness (QED) is 0.0294. The predicted molar refractivity (Wildman–Crippen MR) is 215 cm³/mol. The fourth-order valence-electron chi connectivity index (χ4n) is 5.44. The molecule has 0 aliphatic rings. The molecule has 0 saturated heterocycles. The second-order valence-corrected chi connectivity index (χ2v) is 14.0. The van der Waals surface area contributed by atoms with Crippen molar-refractivity contribution in [1.82, 2.24) is 0 Å². The molecule has 0 aromatic rings. The van der Waals surface area contributed by atoms with E-state index in [1.165, 1.54) is 77.0 Å². The van der Waals surface area contributed by atoms with Gasteiger partial charge in [-0.15, -0.1) is 0 Å². The predicted octanol–water partition coefficient (Wildman–Crippen LogP) is 11.8. The van der Waals surface area contributed by atoms with Gasteiger partial charge in [0.05, 0.1) is 12.7 Å². The van der Waals surface area contributed by atoms with Gasteiger partial charge >= 0.3 is 11.9 Å². The monoisotopic (exact) mass is 713 g/mol. The lowest BCUT2D eigenvalue weighted by atomic mass is 10.0. The first kappa shape index (κ1) is 48.3. The summed E-state index contributed by atoms with van der Waals surface area (Å²) < 4.78 is 10.5. The lowest BCUT2D eigenvalue weighted by Crippen LogP contribution is -2.28. The van der Waals surface area contributed by atoms with Gasteiger partial charge in [0, 0.05) is 12.8 Å². The minimum absolute atomic E-state index is 0.124. The van der Waals surface area contributed by atoms with Gasteiger partial charge in [0.25, 0.3) is 0 Å². The molecule has 0 aromatic heterocycles. The summed E-state index contributed by atoms with van der Waals surface area (Å²) in [7, 11) is 0. The number of aliphatic hydroxyl groups excluding tert-OH is 2. The largest absolute Gasteiger partial charge is 0.462 e. The summed E-state index contributed by atoms with van der Waals surface area (Å²) in [5.74, 6) is 0.121. The number of allylic oxidation sites excluding steroid dienone is 10. The van der Waals surface area contributed by atoms with Crippen molar-refractivity contribution in [2.75, 3.05) is 13.2 Å². The Labute approximate surface area is 313 Å². The number of carbonyl (C=O) groups excluding carboxylic acids is 2. The lowest BCUT2D eigenvalue weighted by molar-refractivity contribution is -0.161. The van der Waals surface area contributed by atoms with Crippen LogP contribution in [-0.2, 0) is 19.1 Å². The molecule has 0 aliphatic heterocycles. The van der Waals surface area contributed by atoms with E-state index in [1.54, 1.807) is 6.08 Å². The Kier molecular flexibility index (Phi) is 36.5. The number of carbonyl (C=O) groups is 2. The summed E-state index contributed by atoms with van der Waals surface area (Å²) in [5.41, 5.74) is 0. The molecule has 6 heteroatoms. The molecule has 0 aliphatic carbocycles. The highest BCUT2D eigenvalue weighted by atomic mass is 16.6. The van der Waals surface area contributed by atoms with Crippen LogP contribution in [0.15, 0.2) is 72.9 Å². The Morgan fingerprint density at radius 2 is 1.14 bits per heavy atom. The van der Waals surface area contributed by atoms with Crippen LogP contribution in [-0.4, -0.2) is 47.6 Å². The van der Waals surface area contributed by atoms with Crippen molar-refractivity contribution in [2.24, 2.45) is 5.92 Å². The van der Waals surface area contributed by atoms with E-state index in [1.807, 2.05) is 36.5 Å². The van der Waals surface area contributed by atoms with E-state index in [0.717, 1.165) is 50.9 Å². The van der Waals surface area contributed by atoms with Crippen molar-refractivity contribution in [3.05, 3.63) is 72.9 Å². The van der Waals surface area contributed by atoms with Crippen LogP contribution in [0.1, 0.15) is 168 Å². The summed E-state index contributed by atoms with van der Waals surface area (Å²) >= 11 is 0. The molecule has 0 radical (unpaired) electrons.